The molecule has 1 unspecified atom stereocenters. The lowest BCUT2D eigenvalue weighted by atomic mass is 9.97. The summed E-state index contributed by atoms with van der Waals surface area (Å²) in [6, 6.07) is 0.671. The highest BCUT2D eigenvalue weighted by Crippen LogP contribution is 2.31. The van der Waals surface area contributed by atoms with Crippen molar-refractivity contribution in [1.82, 2.24) is 4.90 Å². The van der Waals surface area contributed by atoms with Crippen molar-refractivity contribution in [3.63, 3.8) is 0 Å². The van der Waals surface area contributed by atoms with Crippen molar-refractivity contribution in [3.8, 4) is 0 Å². The van der Waals surface area contributed by atoms with Crippen molar-refractivity contribution in [2.45, 2.75) is 64.7 Å². The van der Waals surface area contributed by atoms with E-state index in [2.05, 4.69) is 18.7 Å². The van der Waals surface area contributed by atoms with Crippen molar-refractivity contribution >= 4 is 0 Å². The van der Waals surface area contributed by atoms with Gasteiger partial charge in [0.05, 0.1) is 0 Å². The fraction of sp³-hybridized carbons (Fsp3) is 1.00. The lowest BCUT2D eigenvalue weighted by Crippen LogP contribution is -2.46. The van der Waals surface area contributed by atoms with Crippen molar-refractivity contribution in [2.75, 3.05) is 6.54 Å². The maximum Gasteiger partial charge on any atom is 0.120 e. The normalized spacial score (nSPS) is 27.9. The molecule has 13 heavy (non-hydrogen) atoms. The lowest BCUT2D eigenvalue weighted by Gasteiger charge is -2.35. The van der Waals surface area contributed by atoms with E-state index in [4.69, 9.17) is 0 Å². The second-order valence-electron chi connectivity index (χ2n) is 4.72. The van der Waals surface area contributed by atoms with Crippen molar-refractivity contribution in [1.29, 1.82) is 0 Å². The van der Waals surface area contributed by atoms with E-state index in [0.29, 0.717) is 6.04 Å². The van der Waals surface area contributed by atoms with E-state index >= 15 is 0 Å². The summed E-state index contributed by atoms with van der Waals surface area (Å²) in [7, 11) is 0. The van der Waals surface area contributed by atoms with Crippen LogP contribution in [0.4, 0.5) is 4.39 Å². The maximum absolute atomic E-state index is 13.8. The largest absolute Gasteiger partial charge is 0.295 e. The van der Waals surface area contributed by atoms with Crippen molar-refractivity contribution < 1.29 is 4.39 Å². The molecule has 0 saturated carbocycles. The van der Waals surface area contributed by atoms with Crippen LogP contribution in [0.25, 0.3) is 0 Å². The molecule has 2 atom stereocenters. The molecule has 0 aromatic rings. The van der Waals surface area contributed by atoms with Gasteiger partial charge < -0.3 is 0 Å². The van der Waals surface area contributed by atoms with Gasteiger partial charge in [-0.25, -0.2) is 4.39 Å². The number of halogens is 1. The molecule has 1 aliphatic rings. The van der Waals surface area contributed by atoms with Crippen LogP contribution in [-0.4, -0.2) is 29.2 Å². The van der Waals surface area contributed by atoms with Crippen LogP contribution in [-0.2, 0) is 0 Å². The Morgan fingerprint density at radius 1 is 1.54 bits per heavy atom. The first kappa shape index (κ1) is 11.0. The Labute approximate surface area is 81.3 Å². The molecule has 0 aliphatic carbocycles. The van der Waals surface area contributed by atoms with Gasteiger partial charge in [0.15, 0.2) is 0 Å². The van der Waals surface area contributed by atoms with Gasteiger partial charge in [0.2, 0.25) is 0 Å². The van der Waals surface area contributed by atoms with E-state index in [0.717, 1.165) is 25.8 Å². The fourth-order valence-corrected chi connectivity index (χ4v) is 2.29. The predicted molar refractivity (Wildman–Crippen MR) is 54.7 cm³/mol. The highest BCUT2D eigenvalue weighted by atomic mass is 19.1. The summed E-state index contributed by atoms with van der Waals surface area (Å²) in [6.07, 6.45) is 3.29. The molecule has 0 N–H and O–H groups in total. The van der Waals surface area contributed by atoms with Gasteiger partial charge in [-0.15, -0.1) is 0 Å². The topological polar surface area (TPSA) is 3.24 Å². The minimum absolute atomic E-state index is 0.141. The molecule has 0 spiro atoms. The van der Waals surface area contributed by atoms with Crippen LogP contribution in [0.15, 0.2) is 0 Å². The highest BCUT2D eigenvalue weighted by Gasteiger charge is 2.38. The molecule has 0 bridgehead atoms. The van der Waals surface area contributed by atoms with Crippen LogP contribution in [0.2, 0.25) is 0 Å². The third-order valence-electron chi connectivity index (χ3n) is 3.24. The maximum atomic E-state index is 13.8. The molecule has 2 heteroatoms. The van der Waals surface area contributed by atoms with Crippen molar-refractivity contribution in [3.05, 3.63) is 0 Å². The molecule has 1 fully saturated rings. The monoisotopic (exact) mass is 187 g/mol. The average Bonchev–Trinajstić information content (AvgIpc) is 2.49. The zero-order valence-corrected chi connectivity index (χ0v) is 9.31. The van der Waals surface area contributed by atoms with Crippen LogP contribution >= 0.6 is 0 Å². The molecule has 0 aromatic heterocycles. The number of likely N-dealkylation sites (tertiary alicyclic amines) is 1. The van der Waals surface area contributed by atoms with Gasteiger partial charge in [-0.3, -0.25) is 4.90 Å². The molecule has 0 radical (unpaired) electrons. The molecule has 0 aromatic carbocycles. The van der Waals surface area contributed by atoms with Gasteiger partial charge in [0.1, 0.15) is 5.67 Å². The average molecular weight is 187 g/mol. The van der Waals surface area contributed by atoms with E-state index in [9.17, 15) is 4.39 Å². The van der Waals surface area contributed by atoms with E-state index in [1.165, 1.54) is 0 Å². The Morgan fingerprint density at radius 2 is 2.15 bits per heavy atom. The van der Waals surface area contributed by atoms with Gasteiger partial charge in [-0.1, -0.05) is 6.92 Å². The summed E-state index contributed by atoms with van der Waals surface area (Å²) in [4.78, 5) is 2.33. The zero-order chi connectivity index (χ0) is 10.1. The van der Waals surface area contributed by atoms with Crippen molar-refractivity contribution in [2.24, 2.45) is 0 Å². The molecule has 1 rings (SSSR count). The van der Waals surface area contributed by atoms with Crippen LogP contribution in [0.5, 0.6) is 0 Å². The first-order valence-electron chi connectivity index (χ1n) is 5.41. The van der Waals surface area contributed by atoms with E-state index in [1.54, 1.807) is 13.8 Å². The summed E-state index contributed by atoms with van der Waals surface area (Å²) in [5.74, 6) is 0. The lowest BCUT2D eigenvalue weighted by molar-refractivity contribution is 0.0549. The summed E-state index contributed by atoms with van der Waals surface area (Å²) in [5, 5.41) is 0. The van der Waals surface area contributed by atoms with E-state index in [-0.39, 0.29) is 6.04 Å². The summed E-state index contributed by atoms with van der Waals surface area (Å²) < 4.78 is 13.8. The summed E-state index contributed by atoms with van der Waals surface area (Å²) in [5.41, 5.74) is -1.04. The first-order chi connectivity index (χ1) is 5.96. The minimum atomic E-state index is -1.04. The van der Waals surface area contributed by atoms with E-state index in [1.807, 2.05) is 0 Å². The molecule has 1 aliphatic heterocycles. The molecular formula is C11H22FN. The second kappa shape index (κ2) is 3.95. The Morgan fingerprint density at radius 3 is 2.62 bits per heavy atom. The number of hydrogen-bond acceptors (Lipinski definition) is 1. The number of hydrogen-bond donors (Lipinski definition) is 0. The number of rotatable bonds is 3. The summed E-state index contributed by atoms with van der Waals surface area (Å²) >= 11 is 0. The highest BCUT2D eigenvalue weighted by molar-refractivity contribution is 4.92. The number of alkyl halides is 1. The minimum Gasteiger partial charge on any atom is -0.295 e. The third-order valence-corrected chi connectivity index (χ3v) is 3.24. The fourth-order valence-electron chi connectivity index (χ4n) is 2.29. The Kier molecular flexibility index (Phi) is 3.33. The predicted octanol–water partition coefficient (Wildman–Crippen LogP) is 3.00. The van der Waals surface area contributed by atoms with Gasteiger partial charge in [0, 0.05) is 12.1 Å². The quantitative estimate of drug-likeness (QED) is 0.656. The van der Waals surface area contributed by atoms with Crippen LogP contribution in [0, 0.1) is 0 Å². The summed E-state index contributed by atoms with van der Waals surface area (Å²) in [6.45, 7) is 8.86. The Bertz CT molecular complexity index is 162. The molecule has 0 amide bonds. The first-order valence-corrected chi connectivity index (χ1v) is 5.41. The van der Waals surface area contributed by atoms with Crippen LogP contribution in [0.3, 0.4) is 0 Å². The molecular weight excluding hydrogens is 165 g/mol. The molecule has 1 saturated heterocycles. The Balaban J connectivity index is 2.64. The van der Waals surface area contributed by atoms with Gasteiger partial charge in [0.25, 0.3) is 0 Å². The molecule has 1 nitrogen and oxygen atoms in total. The third kappa shape index (κ3) is 2.43. The second-order valence-corrected chi connectivity index (χ2v) is 4.72. The zero-order valence-electron chi connectivity index (χ0n) is 9.31. The van der Waals surface area contributed by atoms with Gasteiger partial charge in [-0.2, -0.15) is 0 Å². The van der Waals surface area contributed by atoms with Crippen LogP contribution in [0.1, 0.15) is 47.0 Å². The van der Waals surface area contributed by atoms with Gasteiger partial charge in [-0.05, 0) is 46.6 Å². The molecule has 78 valence electrons. The van der Waals surface area contributed by atoms with Crippen LogP contribution < -0.4 is 0 Å². The Hall–Kier alpha value is -0.110. The SMILES string of the molecule is CCC(C)N1CCC[C@H]1C(C)(C)F. The number of nitrogens with zero attached hydrogens (tertiary/aromatic N) is 1. The standard InChI is InChI=1S/C11H22FN/c1-5-9(2)13-8-6-7-10(13)11(3,4)12/h9-10H,5-8H2,1-4H3/t9?,10-/m0/s1. The van der Waals surface area contributed by atoms with E-state index < -0.39 is 5.67 Å². The smallest absolute Gasteiger partial charge is 0.120 e. The molecule has 1 heterocycles. The van der Waals surface area contributed by atoms with Gasteiger partial charge >= 0.3 is 0 Å².